The molecule has 0 saturated heterocycles. The first-order valence-corrected chi connectivity index (χ1v) is 6.89. The van der Waals surface area contributed by atoms with Gasteiger partial charge >= 0.3 is 0 Å². The van der Waals surface area contributed by atoms with Crippen molar-refractivity contribution >= 4 is 40.3 Å². The first-order valence-electron chi connectivity index (χ1n) is 6.48. The van der Waals surface area contributed by atoms with E-state index >= 15 is 0 Å². The maximum atomic E-state index is 12.0. The molecule has 10 heteroatoms. The Kier molecular flexibility index (Phi) is 5.12. The van der Waals surface area contributed by atoms with Gasteiger partial charge in [0.15, 0.2) is 5.11 Å². The Bertz CT molecular complexity index is 822. The molecule has 0 aliphatic carbocycles. The molecular formula is C14H10N4O5S. The minimum Gasteiger partial charge on any atom is -0.332 e. The lowest BCUT2D eigenvalue weighted by Gasteiger charge is -2.09. The van der Waals surface area contributed by atoms with Gasteiger partial charge in [-0.1, -0.05) is 6.07 Å². The topological polar surface area (TPSA) is 127 Å². The molecule has 0 bridgehead atoms. The van der Waals surface area contributed by atoms with E-state index in [2.05, 4.69) is 10.6 Å². The lowest BCUT2D eigenvalue weighted by molar-refractivity contribution is -0.385. The van der Waals surface area contributed by atoms with Crippen LogP contribution in [0.4, 0.5) is 17.1 Å². The second kappa shape index (κ2) is 7.24. The van der Waals surface area contributed by atoms with Crippen LogP contribution in [-0.4, -0.2) is 20.9 Å². The number of nitrogens with zero attached hydrogens (tertiary/aromatic N) is 2. The predicted octanol–water partition coefficient (Wildman–Crippen LogP) is 2.63. The molecule has 0 radical (unpaired) electrons. The summed E-state index contributed by atoms with van der Waals surface area (Å²) in [5, 5.41) is 26.3. The number of thiocarbonyl (C=S) groups is 1. The predicted molar refractivity (Wildman–Crippen MR) is 89.9 cm³/mol. The monoisotopic (exact) mass is 346 g/mol. The van der Waals surface area contributed by atoms with Crippen LogP contribution in [-0.2, 0) is 0 Å². The number of anilines is 1. The normalized spacial score (nSPS) is 9.83. The number of non-ortho nitro benzene ring substituents is 2. The van der Waals surface area contributed by atoms with E-state index in [-0.39, 0.29) is 22.1 Å². The van der Waals surface area contributed by atoms with Gasteiger partial charge in [-0.15, -0.1) is 0 Å². The Balaban J connectivity index is 2.01. The summed E-state index contributed by atoms with van der Waals surface area (Å²) in [6.45, 7) is 0. The first kappa shape index (κ1) is 17.0. The van der Waals surface area contributed by atoms with Crippen LogP contribution in [0.25, 0.3) is 0 Å². The molecule has 1 amide bonds. The van der Waals surface area contributed by atoms with Crippen molar-refractivity contribution in [2.45, 2.75) is 0 Å². The van der Waals surface area contributed by atoms with Gasteiger partial charge in [-0.2, -0.15) is 0 Å². The molecule has 24 heavy (non-hydrogen) atoms. The van der Waals surface area contributed by atoms with Crippen LogP contribution in [0, 0.1) is 20.2 Å². The first-order chi connectivity index (χ1) is 11.4. The van der Waals surface area contributed by atoms with Crippen molar-refractivity contribution in [1.82, 2.24) is 5.32 Å². The molecule has 9 nitrogen and oxygen atoms in total. The van der Waals surface area contributed by atoms with Crippen molar-refractivity contribution < 1.29 is 14.6 Å². The van der Waals surface area contributed by atoms with E-state index < -0.39 is 15.8 Å². The largest absolute Gasteiger partial charge is 0.332 e. The van der Waals surface area contributed by atoms with E-state index in [1.165, 1.54) is 42.5 Å². The lowest BCUT2D eigenvalue weighted by Crippen LogP contribution is -2.34. The van der Waals surface area contributed by atoms with Crippen LogP contribution >= 0.6 is 12.2 Å². The molecular weight excluding hydrogens is 336 g/mol. The van der Waals surface area contributed by atoms with Gasteiger partial charge in [0.1, 0.15) is 0 Å². The van der Waals surface area contributed by atoms with Gasteiger partial charge < -0.3 is 5.32 Å². The summed E-state index contributed by atoms with van der Waals surface area (Å²) in [5.74, 6) is -0.613. The Hall–Kier alpha value is -3.40. The zero-order chi connectivity index (χ0) is 17.7. The average Bonchev–Trinajstić information content (AvgIpc) is 2.55. The minimum absolute atomic E-state index is 0.0413. The minimum atomic E-state index is -0.613. The fourth-order valence-electron chi connectivity index (χ4n) is 1.76. The Morgan fingerprint density at radius 2 is 1.58 bits per heavy atom. The third-order valence-corrected chi connectivity index (χ3v) is 3.09. The lowest BCUT2D eigenvalue weighted by atomic mass is 10.2. The van der Waals surface area contributed by atoms with Crippen molar-refractivity contribution in [2.75, 3.05) is 5.32 Å². The molecule has 0 aromatic heterocycles. The highest BCUT2D eigenvalue weighted by Crippen LogP contribution is 2.16. The van der Waals surface area contributed by atoms with Crippen molar-refractivity contribution in [3.8, 4) is 0 Å². The zero-order valence-electron chi connectivity index (χ0n) is 12.0. The molecule has 2 rings (SSSR count). The van der Waals surface area contributed by atoms with Gasteiger partial charge in [0.2, 0.25) is 0 Å². The number of nitro benzene ring substituents is 2. The third kappa shape index (κ3) is 4.30. The van der Waals surface area contributed by atoms with Gasteiger partial charge in [0.05, 0.1) is 9.85 Å². The molecule has 2 aromatic carbocycles. The summed E-state index contributed by atoms with van der Waals surface area (Å²) in [4.78, 5) is 32.1. The summed E-state index contributed by atoms with van der Waals surface area (Å²) >= 11 is 4.97. The van der Waals surface area contributed by atoms with Crippen molar-refractivity contribution in [3.63, 3.8) is 0 Å². The number of hydrogen-bond donors (Lipinski definition) is 2. The smallest absolute Gasteiger partial charge is 0.270 e. The maximum absolute atomic E-state index is 12.0. The average molecular weight is 346 g/mol. The van der Waals surface area contributed by atoms with Gasteiger partial charge in [0, 0.05) is 35.5 Å². The number of nitrogens with one attached hydrogen (secondary N) is 2. The molecule has 122 valence electrons. The molecule has 0 heterocycles. The van der Waals surface area contributed by atoms with Crippen molar-refractivity contribution in [1.29, 1.82) is 0 Å². The van der Waals surface area contributed by atoms with Crippen molar-refractivity contribution in [2.24, 2.45) is 0 Å². The van der Waals surface area contributed by atoms with Crippen LogP contribution in [0.2, 0.25) is 0 Å². The number of carbonyl (C=O) groups excluding carboxylic acids is 1. The molecule has 0 atom stereocenters. The summed E-state index contributed by atoms with van der Waals surface area (Å²) in [5.41, 5.74) is 0.242. The Morgan fingerprint density at radius 1 is 0.958 bits per heavy atom. The number of benzene rings is 2. The van der Waals surface area contributed by atoms with Crippen molar-refractivity contribution in [3.05, 3.63) is 74.3 Å². The standard InChI is InChI=1S/C14H10N4O5S/c19-13(9-2-1-3-12(8-9)18(22)23)16-14(24)15-10-4-6-11(7-5-10)17(20)21/h1-8H,(H2,15,16,19,24). The van der Waals surface area contributed by atoms with E-state index in [4.69, 9.17) is 12.2 Å². The molecule has 0 fully saturated rings. The molecule has 0 saturated carbocycles. The summed E-state index contributed by atoms with van der Waals surface area (Å²) in [7, 11) is 0. The van der Waals surface area contributed by atoms with Crippen LogP contribution in [0.5, 0.6) is 0 Å². The number of nitro groups is 2. The summed E-state index contributed by atoms with van der Waals surface area (Å²) in [6, 6.07) is 10.6. The highest BCUT2D eigenvalue weighted by Gasteiger charge is 2.13. The van der Waals surface area contributed by atoms with Crippen LogP contribution < -0.4 is 10.6 Å². The maximum Gasteiger partial charge on any atom is 0.270 e. The SMILES string of the molecule is O=C(NC(=S)Nc1ccc([N+](=O)[O-])cc1)c1cccc([N+](=O)[O-])c1. The van der Waals surface area contributed by atoms with E-state index in [1.807, 2.05) is 0 Å². The zero-order valence-corrected chi connectivity index (χ0v) is 12.8. The fourth-order valence-corrected chi connectivity index (χ4v) is 1.98. The number of amides is 1. The summed E-state index contributed by atoms with van der Waals surface area (Å²) < 4.78 is 0. The molecule has 0 aliphatic rings. The van der Waals surface area contributed by atoms with Gasteiger partial charge in [-0.3, -0.25) is 30.3 Å². The number of rotatable bonds is 4. The second-order valence-electron chi connectivity index (χ2n) is 4.52. The molecule has 2 N–H and O–H groups in total. The molecule has 0 spiro atoms. The van der Waals surface area contributed by atoms with Gasteiger partial charge in [-0.25, -0.2) is 0 Å². The second-order valence-corrected chi connectivity index (χ2v) is 4.93. The quantitative estimate of drug-likeness (QED) is 0.495. The molecule has 0 unspecified atom stereocenters. The number of carbonyl (C=O) groups is 1. The molecule has 0 aliphatic heterocycles. The highest BCUT2D eigenvalue weighted by atomic mass is 32.1. The van der Waals surface area contributed by atoms with Gasteiger partial charge in [0.25, 0.3) is 17.3 Å². The van der Waals surface area contributed by atoms with E-state index in [0.717, 1.165) is 6.07 Å². The highest BCUT2D eigenvalue weighted by molar-refractivity contribution is 7.80. The van der Waals surface area contributed by atoms with Crippen LogP contribution in [0.15, 0.2) is 48.5 Å². The Labute approximate surface area is 140 Å². The Morgan fingerprint density at radius 3 is 2.17 bits per heavy atom. The van der Waals surface area contributed by atoms with Gasteiger partial charge in [-0.05, 0) is 30.4 Å². The summed E-state index contributed by atoms with van der Waals surface area (Å²) in [6.07, 6.45) is 0. The van der Waals surface area contributed by atoms with E-state index in [1.54, 1.807) is 0 Å². The molecule has 2 aromatic rings. The van der Waals surface area contributed by atoms with E-state index in [9.17, 15) is 25.0 Å². The van der Waals surface area contributed by atoms with Crippen LogP contribution in [0.3, 0.4) is 0 Å². The third-order valence-electron chi connectivity index (χ3n) is 2.88. The van der Waals surface area contributed by atoms with Crippen LogP contribution in [0.1, 0.15) is 10.4 Å². The number of hydrogen-bond acceptors (Lipinski definition) is 6. The fraction of sp³-hybridized carbons (Fsp3) is 0. The van der Waals surface area contributed by atoms with E-state index in [0.29, 0.717) is 5.69 Å².